The number of benzene rings is 1. The van der Waals surface area contributed by atoms with Gasteiger partial charge in [-0.1, -0.05) is 18.2 Å². The zero-order valence-electron chi connectivity index (χ0n) is 5.64. The molecule has 1 N–H and O–H groups in total. The van der Waals surface area contributed by atoms with Gasteiger partial charge in [0.05, 0.1) is 0 Å². The van der Waals surface area contributed by atoms with E-state index in [-0.39, 0.29) is 28.8 Å². The van der Waals surface area contributed by atoms with E-state index in [1.165, 1.54) is 0 Å². The average Bonchev–Trinajstić information content (AvgIpc) is 2.05. The van der Waals surface area contributed by atoms with E-state index in [2.05, 4.69) is 5.28 Å². The van der Waals surface area contributed by atoms with Gasteiger partial charge in [0.25, 0.3) is 0 Å². The zero-order valence-corrected chi connectivity index (χ0v) is 8.49. The normalized spacial score (nSPS) is 10.4. The first kappa shape index (κ1) is 10.2. The first-order valence-corrected chi connectivity index (χ1v) is 2.72. The fourth-order valence-corrected chi connectivity index (χ4v) is 0.607. The molecule has 5 heteroatoms. The molecule has 0 saturated heterocycles. The third-order valence-electron chi connectivity index (χ3n) is 1.06. The smallest absolute Gasteiger partial charge is 0.248 e. The van der Waals surface area contributed by atoms with Gasteiger partial charge in [-0.05, 0) is 4.86 Å². The van der Waals surface area contributed by atoms with Gasteiger partial charge in [0, 0.05) is 36.0 Å². The van der Waals surface area contributed by atoms with Crippen LogP contribution in [-0.4, -0.2) is 34.0 Å². The SMILES string of the molecule is [O-][N+](=NO)c1ccccc1.[Sn]. The predicted molar refractivity (Wildman–Crippen MR) is 39.7 cm³/mol. The molecule has 4 radical (unpaired) electrons. The Kier molecular flexibility index (Phi) is 4.60. The Balaban J connectivity index is 0.000001000. The molecule has 0 aliphatic carbocycles. The van der Waals surface area contributed by atoms with E-state index in [0.717, 1.165) is 0 Å². The fraction of sp³-hybridized carbons (Fsp3) is 0. The van der Waals surface area contributed by atoms with Crippen molar-refractivity contribution in [2.45, 2.75) is 0 Å². The van der Waals surface area contributed by atoms with Crippen LogP contribution in [0.25, 0.3) is 0 Å². The van der Waals surface area contributed by atoms with Crippen LogP contribution in [0.5, 0.6) is 0 Å². The van der Waals surface area contributed by atoms with Crippen molar-refractivity contribution < 1.29 is 10.1 Å². The van der Waals surface area contributed by atoms with E-state index in [0.29, 0.717) is 5.69 Å². The van der Waals surface area contributed by atoms with E-state index < -0.39 is 0 Å². The van der Waals surface area contributed by atoms with Crippen molar-refractivity contribution in [2.75, 3.05) is 0 Å². The Morgan fingerprint density at radius 3 is 2.27 bits per heavy atom. The van der Waals surface area contributed by atoms with Crippen LogP contribution in [0.1, 0.15) is 0 Å². The first-order chi connectivity index (χ1) is 4.84. The van der Waals surface area contributed by atoms with Crippen LogP contribution in [0.4, 0.5) is 5.69 Å². The summed E-state index contributed by atoms with van der Waals surface area (Å²) in [5.74, 6) is 0. The van der Waals surface area contributed by atoms with Crippen molar-refractivity contribution in [3.05, 3.63) is 35.5 Å². The number of para-hydroxylation sites is 1. The molecular formula is C6H6N2O2Sn. The molecule has 0 fully saturated rings. The Bertz CT molecular complexity index is 238. The quantitative estimate of drug-likeness (QED) is 0.356. The van der Waals surface area contributed by atoms with Crippen molar-refractivity contribution in [2.24, 2.45) is 5.28 Å². The van der Waals surface area contributed by atoms with Gasteiger partial charge in [-0.3, -0.25) is 0 Å². The molecule has 0 bridgehead atoms. The van der Waals surface area contributed by atoms with E-state index in [9.17, 15) is 5.21 Å². The van der Waals surface area contributed by atoms with Crippen molar-refractivity contribution >= 4 is 29.6 Å². The third-order valence-corrected chi connectivity index (χ3v) is 1.06. The maximum atomic E-state index is 10.5. The third kappa shape index (κ3) is 2.75. The first-order valence-electron chi connectivity index (χ1n) is 2.72. The number of nitrogens with zero attached hydrogens (tertiary/aromatic N) is 2. The van der Waals surface area contributed by atoms with Crippen LogP contribution in [0.15, 0.2) is 35.6 Å². The number of hydrogen-bond donors (Lipinski definition) is 1. The Morgan fingerprint density at radius 2 is 1.82 bits per heavy atom. The van der Waals surface area contributed by atoms with Crippen LogP contribution < -0.4 is 0 Å². The molecule has 1 rings (SSSR count). The number of rotatable bonds is 1. The second kappa shape index (κ2) is 4.95. The summed E-state index contributed by atoms with van der Waals surface area (Å²) >= 11 is 0. The molecule has 0 unspecified atom stereocenters. The maximum Gasteiger partial charge on any atom is 0.248 e. The molecule has 0 aliphatic heterocycles. The molecule has 0 amide bonds. The van der Waals surface area contributed by atoms with Crippen molar-refractivity contribution in [3.63, 3.8) is 0 Å². The van der Waals surface area contributed by atoms with Gasteiger partial charge in [-0.15, -0.1) is 0 Å². The van der Waals surface area contributed by atoms with Crippen molar-refractivity contribution in [1.82, 2.24) is 0 Å². The molecular weight excluding hydrogens is 251 g/mol. The molecule has 0 aliphatic rings. The summed E-state index contributed by atoms with van der Waals surface area (Å²) in [6.45, 7) is 0. The van der Waals surface area contributed by atoms with E-state index >= 15 is 0 Å². The molecule has 0 saturated carbocycles. The summed E-state index contributed by atoms with van der Waals surface area (Å²) in [5, 5.41) is 21.0. The van der Waals surface area contributed by atoms with Gasteiger partial charge < -0.3 is 10.4 Å². The van der Waals surface area contributed by atoms with Gasteiger partial charge in [0.1, 0.15) is 0 Å². The minimum atomic E-state index is 0. The average molecular weight is 257 g/mol. The van der Waals surface area contributed by atoms with Gasteiger partial charge in [0.15, 0.2) is 0 Å². The van der Waals surface area contributed by atoms with E-state index in [1.54, 1.807) is 30.3 Å². The Labute approximate surface area is 80.7 Å². The second-order valence-corrected chi connectivity index (χ2v) is 1.70. The zero-order chi connectivity index (χ0) is 7.40. The number of hydrogen-bond acceptors (Lipinski definition) is 2. The van der Waals surface area contributed by atoms with Gasteiger partial charge in [-0.2, -0.15) is 0 Å². The maximum absolute atomic E-state index is 10.5. The molecule has 0 heterocycles. The van der Waals surface area contributed by atoms with Gasteiger partial charge in [-0.25, -0.2) is 0 Å². The van der Waals surface area contributed by atoms with Crippen LogP contribution in [-0.2, 0) is 0 Å². The molecule has 1 aromatic carbocycles. The van der Waals surface area contributed by atoms with Gasteiger partial charge >= 0.3 is 0 Å². The summed E-state index contributed by atoms with van der Waals surface area (Å²) in [7, 11) is 0. The predicted octanol–water partition coefficient (Wildman–Crippen LogP) is 1.29. The van der Waals surface area contributed by atoms with Crippen LogP contribution in [0.2, 0.25) is 0 Å². The molecule has 0 atom stereocenters. The molecule has 11 heavy (non-hydrogen) atoms. The summed E-state index contributed by atoms with van der Waals surface area (Å²) in [6.07, 6.45) is 0. The second-order valence-electron chi connectivity index (χ2n) is 1.70. The van der Waals surface area contributed by atoms with E-state index in [1.807, 2.05) is 0 Å². The molecule has 0 spiro atoms. The minimum Gasteiger partial charge on any atom is -0.592 e. The van der Waals surface area contributed by atoms with Crippen LogP contribution in [0.3, 0.4) is 0 Å². The summed E-state index contributed by atoms with van der Waals surface area (Å²) in [4.78, 5) is 0.139. The summed E-state index contributed by atoms with van der Waals surface area (Å²) in [5.41, 5.74) is 0.310. The van der Waals surface area contributed by atoms with Crippen LogP contribution in [0, 0.1) is 5.21 Å². The standard InChI is InChI=1S/C6H6N2O2.Sn/c9-7-8(10)6-4-2-1-3-5-6;/h1-5,9H;. The minimum absolute atomic E-state index is 0. The largest absolute Gasteiger partial charge is 0.592 e. The fourth-order valence-electron chi connectivity index (χ4n) is 0.607. The van der Waals surface area contributed by atoms with Gasteiger partial charge in [0.2, 0.25) is 11.0 Å². The monoisotopic (exact) mass is 258 g/mol. The Hall–Kier alpha value is -0.781. The molecule has 0 aromatic heterocycles. The van der Waals surface area contributed by atoms with Crippen molar-refractivity contribution in [3.8, 4) is 0 Å². The summed E-state index contributed by atoms with van der Waals surface area (Å²) < 4.78 is 0. The Morgan fingerprint density at radius 1 is 1.27 bits per heavy atom. The molecule has 56 valence electrons. The van der Waals surface area contributed by atoms with E-state index in [4.69, 9.17) is 5.21 Å². The molecule has 4 nitrogen and oxygen atoms in total. The topological polar surface area (TPSA) is 58.7 Å². The summed E-state index contributed by atoms with van der Waals surface area (Å²) in [6, 6.07) is 8.24. The van der Waals surface area contributed by atoms with Crippen LogP contribution >= 0.6 is 0 Å². The molecule has 1 aromatic rings. The van der Waals surface area contributed by atoms with Crippen molar-refractivity contribution in [1.29, 1.82) is 0 Å².